The Morgan fingerprint density at radius 3 is 3.00 bits per heavy atom. The molecule has 0 fully saturated rings. The fourth-order valence-corrected chi connectivity index (χ4v) is 2.17. The Morgan fingerprint density at radius 1 is 1.47 bits per heavy atom. The van der Waals surface area contributed by atoms with Crippen LogP contribution in [0.3, 0.4) is 0 Å². The fourth-order valence-electron chi connectivity index (χ4n) is 1.68. The molecule has 0 atom stereocenters. The summed E-state index contributed by atoms with van der Waals surface area (Å²) in [5.74, 6) is 1.51. The maximum atomic E-state index is 5.07. The molecular formula is C13H17BrN4O. The van der Waals surface area contributed by atoms with Crippen molar-refractivity contribution in [2.45, 2.75) is 19.9 Å². The summed E-state index contributed by atoms with van der Waals surface area (Å²) in [5.41, 5.74) is 1.11. The predicted molar refractivity (Wildman–Crippen MR) is 79.3 cm³/mol. The van der Waals surface area contributed by atoms with Gasteiger partial charge in [0.15, 0.2) is 0 Å². The monoisotopic (exact) mass is 324 g/mol. The highest BCUT2D eigenvalue weighted by Gasteiger charge is 2.10. The third-order valence-electron chi connectivity index (χ3n) is 2.62. The summed E-state index contributed by atoms with van der Waals surface area (Å²) in [6, 6.07) is 1.95. The lowest BCUT2D eigenvalue weighted by Crippen LogP contribution is -2.19. The van der Waals surface area contributed by atoms with Gasteiger partial charge in [0.05, 0.1) is 17.0 Å². The highest BCUT2D eigenvalue weighted by molar-refractivity contribution is 9.10. The topological polar surface area (TPSA) is 54.2 Å². The molecule has 0 aliphatic rings. The van der Waals surface area contributed by atoms with Crippen LogP contribution in [-0.2, 0) is 6.54 Å². The minimum absolute atomic E-state index is 0.652. The van der Waals surface area contributed by atoms with E-state index in [9.17, 15) is 0 Å². The molecule has 102 valence electrons. The van der Waals surface area contributed by atoms with Crippen LogP contribution in [0.15, 0.2) is 33.7 Å². The predicted octanol–water partition coefficient (Wildman–Crippen LogP) is 3.29. The van der Waals surface area contributed by atoms with Crippen molar-refractivity contribution in [3.05, 3.63) is 34.8 Å². The van der Waals surface area contributed by atoms with E-state index < -0.39 is 0 Å². The van der Waals surface area contributed by atoms with Crippen molar-refractivity contribution in [2.75, 3.05) is 23.8 Å². The Hall–Kier alpha value is -1.56. The first-order chi connectivity index (χ1) is 9.20. The molecule has 2 rings (SSSR count). The van der Waals surface area contributed by atoms with Gasteiger partial charge in [-0.05, 0) is 28.4 Å². The third-order valence-corrected chi connectivity index (χ3v) is 3.18. The van der Waals surface area contributed by atoms with Gasteiger partial charge in [-0.15, -0.1) is 0 Å². The van der Waals surface area contributed by atoms with E-state index in [0.717, 1.165) is 35.4 Å². The van der Waals surface area contributed by atoms with Crippen LogP contribution in [0.5, 0.6) is 0 Å². The highest BCUT2D eigenvalue weighted by Crippen LogP contribution is 2.24. The maximum Gasteiger partial charge on any atom is 0.224 e. The SMILES string of the molecule is CCCNc1ncc(Br)c(N(C)Cc2ccoc2)n1. The molecule has 0 aromatic carbocycles. The number of rotatable bonds is 6. The lowest BCUT2D eigenvalue weighted by molar-refractivity contribution is 0.563. The number of nitrogens with zero attached hydrogens (tertiary/aromatic N) is 3. The van der Waals surface area contributed by atoms with Gasteiger partial charge in [0.2, 0.25) is 5.95 Å². The van der Waals surface area contributed by atoms with Crippen molar-refractivity contribution in [3.8, 4) is 0 Å². The zero-order valence-corrected chi connectivity index (χ0v) is 12.6. The van der Waals surface area contributed by atoms with Gasteiger partial charge < -0.3 is 14.6 Å². The average Bonchev–Trinajstić information content (AvgIpc) is 2.90. The number of hydrogen-bond acceptors (Lipinski definition) is 5. The van der Waals surface area contributed by atoms with E-state index >= 15 is 0 Å². The van der Waals surface area contributed by atoms with E-state index in [2.05, 4.69) is 38.1 Å². The molecule has 0 aliphatic heterocycles. The molecule has 2 aromatic rings. The van der Waals surface area contributed by atoms with Crippen molar-refractivity contribution in [3.63, 3.8) is 0 Å². The molecule has 1 N–H and O–H groups in total. The molecule has 19 heavy (non-hydrogen) atoms. The van der Waals surface area contributed by atoms with Crippen molar-refractivity contribution in [2.24, 2.45) is 0 Å². The number of hydrogen-bond donors (Lipinski definition) is 1. The summed E-state index contributed by atoms with van der Waals surface area (Å²) in [6.45, 7) is 3.71. The van der Waals surface area contributed by atoms with Crippen LogP contribution in [0, 0.1) is 0 Å². The first-order valence-corrected chi connectivity index (χ1v) is 6.98. The van der Waals surface area contributed by atoms with Gasteiger partial charge in [-0.2, -0.15) is 4.98 Å². The van der Waals surface area contributed by atoms with Crippen molar-refractivity contribution >= 4 is 27.7 Å². The van der Waals surface area contributed by atoms with Crippen LogP contribution >= 0.6 is 15.9 Å². The van der Waals surface area contributed by atoms with Crippen LogP contribution in [-0.4, -0.2) is 23.6 Å². The Kier molecular flexibility index (Phi) is 4.79. The van der Waals surface area contributed by atoms with Crippen LogP contribution < -0.4 is 10.2 Å². The lowest BCUT2D eigenvalue weighted by atomic mass is 10.3. The number of aromatic nitrogens is 2. The van der Waals surface area contributed by atoms with Gasteiger partial charge >= 0.3 is 0 Å². The molecule has 0 amide bonds. The second-order valence-corrected chi connectivity index (χ2v) is 5.13. The summed E-state index contributed by atoms with van der Waals surface area (Å²) < 4.78 is 5.95. The highest BCUT2D eigenvalue weighted by atomic mass is 79.9. The minimum Gasteiger partial charge on any atom is -0.472 e. The Bertz CT molecular complexity index is 515. The fraction of sp³-hybridized carbons (Fsp3) is 0.385. The number of nitrogens with one attached hydrogen (secondary N) is 1. The molecule has 6 heteroatoms. The maximum absolute atomic E-state index is 5.07. The summed E-state index contributed by atoms with van der Waals surface area (Å²) >= 11 is 3.49. The second kappa shape index (κ2) is 6.56. The van der Waals surface area contributed by atoms with E-state index in [1.165, 1.54) is 0 Å². The third kappa shape index (κ3) is 3.70. The summed E-state index contributed by atoms with van der Waals surface area (Å²) in [5, 5.41) is 3.19. The molecule has 0 saturated carbocycles. The van der Waals surface area contributed by atoms with Crippen LogP contribution in [0.25, 0.3) is 0 Å². The molecule has 2 heterocycles. The van der Waals surface area contributed by atoms with Gasteiger partial charge in [-0.25, -0.2) is 4.98 Å². The van der Waals surface area contributed by atoms with Crippen LogP contribution in [0.2, 0.25) is 0 Å². The largest absolute Gasteiger partial charge is 0.472 e. The van der Waals surface area contributed by atoms with Gasteiger partial charge in [-0.3, -0.25) is 0 Å². The zero-order chi connectivity index (χ0) is 13.7. The number of anilines is 2. The Labute approximate surface area is 121 Å². The zero-order valence-electron chi connectivity index (χ0n) is 11.1. The van der Waals surface area contributed by atoms with Crippen molar-refractivity contribution in [1.29, 1.82) is 0 Å². The molecule has 2 aromatic heterocycles. The van der Waals surface area contributed by atoms with Gasteiger partial charge in [-0.1, -0.05) is 6.92 Å². The summed E-state index contributed by atoms with van der Waals surface area (Å²) in [7, 11) is 1.99. The minimum atomic E-state index is 0.652. The van der Waals surface area contributed by atoms with E-state index in [1.807, 2.05) is 18.0 Å². The second-order valence-electron chi connectivity index (χ2n) is 4.28. The standard InChI is InChI=1S/C13H17BrN4O/c1-3-5-15-13-16-7-11(14)12(17-13)18(2)8-10-4-6-19-9-10/h4,6-7,9H,3,5,8H2,1-2H3,(H,15,16,17). The Morgan fingerprint density at radius 2 is 2.32 bits per heavy atom. The van der Waals surface area contributed by atoms with Gasteiger partial charge in [0.25, 0.3) is 0 Å². The van der Waals surface area contributed by atoms with Crippen molar-refractivity contribution < 1.29 is 4.42 Å². The van der Waals surface area contributed by atoms with E-state index in [1.54, 1.807) is 18.7 Å². The first kappa shape index (κ1) is 13.9. The van der Waals surface area contributed by atoms with Crippen LogP contribution in [0.4, 0.5) is 11.8 Å². The lowest BCUT2D eigenvalue weighted by Gasteiger charge is -2.19. The normalized spacial score (nSPS) is 10.5. The average molecular weight is 325 g/mol. The van der Waals surface area contributed by atoms with E-state index in [4.69, 9.17) is 4.42 Å². The molecule has 5 nitrogen and oxygen atoms in total. The van der Waals surface area contributed by atoms with Crippen molar-refractivity contribution in [1.82, 2.24) is 9.97 Å². The van der Waals surface area contributed by atoms with E-state index in [0.29, 0.717) is 5.95 Å². The summed E-state index contributed by atoms with van der Waals surface area (Å²) in [4.78, 5) is 10.8. The molecule has 0 spiro atoms. The molecular weight excluding hydrogens is 308 g/mol. The van der Waals surface area contributed by atoms with Gasteiger partial charge in [0, 0.05) is 31.9 Å². The number of furan rings is 1. The van der Waals surface area contributed by atoms with Gasteiger partial charge in [0.1, 0.15) is 5.82 Å². The molecule has 0 aliphatic carbocycles. The van der Waals surface area contributed by atoms with Crippen LogP contribution in [0.1, 0.15) is 18.9 Å². The molecule has 0 saturated heterocycles. The molecule has 0 radical (unpaired) electrons. The quantitative estimate of drug-likeness (QED) is 0.883. The van der Waals surface area contributed by atoms with E-state index in [-0.39, 0.29) is 0 Å². The number of halogens is 1. The molecule has 0 unspecified atom stereocenters. The molecule has 0 bridgehead atoms. The summed E-state index contributed by atoms with van der Waals surface area (Å²) in [6.07, 6.45) is 6.22. The smallest absolute Gasteiger partial charge is 0.224 e. The first-order valence-electron chi connectivity index (χ1n) is 6.19. The Balaban J connectivity index is 2.13.